The number of aromatic nitrogens is 1. The summed E-state index contributed by atoms with van der Waals surface area (Å²) in [4.78, 5) is 9.33. The number of nitrogens with zero attached hydrogens (tertiary/aromatic N) is 3. The van der Waals surface area contributed by atoms with E-state index in [9.17, 15) is 0 Å². The first-order valence-electron chi connectivity index (χ1n) is 5.45. The van der Waals surface area contributed by atoms with Gasteiger partial charge in [0.2, 0.25) is 0 Å². The molecule has 1 aromatic rings. The lowest BCUT2D eigenvalue weighted by molar-refractivity contribution is 0.271. The third-order valence-corrected chi connectivity index (χ3v) is 3.79. The van der Waals surface area contributed by atoms with Gasteiger partial charge >= 0.3 is 0 Å². The van der Waals surface area contributed by atoms with Gasteiger partial charge in [-0.1, -0.05) is 6.92 Å². The van der Waals surface area contributed by atoms with Crippen molar-refractivity contribution in [2.75, 3.05) is 37.6 Å². The molecule has 1 aromatic heterocycles. The smallest absolute Gasteiger partial charge is 0.185 e. The highest BCUT2D eigenvalue weighted by atomic mass is 32.1. The molecule has 1 saturated heterocycles. The van der Waals surface area contributed by atoms with E-state index in [-0.39, 0.29) is 0 Å². The fraction of sp³-hybridized carbons (Fsp3) is 0.700. The zero-order chi connectivity index (χ0) is 10.7. The summed E-state index contributed by atoms with van der Waals surface area (Å²) in [6.45, 7) is 8.38. The van der Waals surface area contributed by atoms with Gasteiger partial charge in [-0.2, -0.15) is 0 Å². The summed E-state index contributed by atoms with van der Waals surface area (Å²) in [7, 11) is 0. The highest BCUT2D eigenvalue weighted by Gasteiger charge is 2.17. The van der Waals surface area contributed by atoms with E-state index in [1.807, 2.05) is 0 Å². The Morgan fingerprint density at radius 2 is 2.13 bits per heavy atom. The SMILES string of the molecule is CCN1CCN(c2nc(CN)cs2)CC1. The largest absolute Gasteiger partial charge is 0.346 e. The van der Waals surface area contributed by atoms with Crippen LogP contribution >= 0.6 is 11.3 Å². The summed E-state index contributed by atoms with van der Waals surface area (Å²) < 4.78 is 0. The first kappa shape index (κ1) is 10.9. The maximum atomic E-state index is 5.55. The van der Waals surface area contributed by atoms with E-state index >= 15 is 0 Å². The molecule has 0 bridgehead atoms. The molecule has 1 fully saturated rings. The summed E-state index contributed by atoms with van der Waals surface area (Å²) in [5.74, 6) is 0. The molecule has 0 amide bonds. The summed E-state index contributed by atoms with van der Waals surface area (Å²) in [6.07, 6.45) is 0. The molecule has 84 valence electrons. The Bertz CT molecular complexity index is 304. The minimum atomic E-state index is 0.547. The zero-order valence-electron chi connectivity index (χ0n) is 9.15. The predicted octanol–water partition coefficient (Wildman–Crippen LogP) is 0.744. The van der Waals surface area contributed by atoms with Crippen LogP contribution in [0.4, 0.5) is 5.13 Å². The van der Waals surface area contributed by atoms with Gasteiger partial charge in [-0.15, -0.1) is 11.3 Å². The Morgan fingerprint density at radius 1 is 1.40 bits per heavy atom. The van der Waals surface area contributed by atoms with Crippen LogP contribution in [0.3, 0.4) is 0 Å². The van der Waals surface area contributed by atoms with Gasteiger partial charge in [0.25, 0.3) is 0 Å². The molecule has 2 N–H and O–H groups in total. The second kappa shape index (κ2) is 4.92. The number of hydrogen-bond donors (Lipinski definition) is 1. The van der Waals surface area contributed by atoms with E-state index in [0.29, 0.717) is 6.54 Å². The Hall–Kier alpha value is -0.650. The lowest BCUT2D eigenvalue weighted by Gasteiger charge is -2.33. The van der Waals surface area contributed by atoms with E-state index < -0.39 is 0 Å². The maximum Gasteiger partial charge on any atom is 0.185 e. The molecule has 2 heterocycles. The van der Waals surface area contributed by atoms with E-state index in [2.05, 4.69) is 27.1 Å². The van der Waals surface area contributed by atoms with Gasteiger partial charge in [0.15, 0.2) is 5.13 Å². The molecule has 0 radical (unpaired) electrons. The van der Waals surface area contributed by atoms with Crippen LogP contribution < -0.4 is 10.6 Å². The van der Waals surface area contributed by atoms with Crippen molar-refractivity contribution in [2.24, 2.45) is 5.73 Å². The topological polar surface area (TPSA) is 45.4 Å². The Morgan fingerprint density at radius 3 is 2.67 bits per heavy atom. The van der Waals surface area contributed by atoms with Crippen LogP contribution in [-0.4, -0.2) is 42.6 Å². The summed E-state index contributed by atoms with van der Waals surface area (Å²) in [6, 6.07) is 0. The lowest BCUT2D eigenvalue weighted by atomic mass is 10.3. The van der Waals surface area contributed by atoms with Crippen molar-refractivity contribution in [1.29, 1.82) is 0 Å². The quantitative estimate of drug-likeness (QED) is 0.826. The van der Waals surface area contributed by atoms with Crippen molar-refractivity contribution in [3.8, 4) is 0 Å². The van der Waals surface area contributed by atoms with E-state index in [1.165, 1.54) is 0 Å². The van der Waals surface area contributed by atoms with Gasteiger partial charge < -0.3 is 15.5 Å². The normalized spacial score (nSPS) is 18.4. The molecule has 0 atom stereocenters. The molecule has 0 aliphatic carbocycles. The van der Waals surface area contributed by atoms with Gasteiger partial charge in [-0.05, 0) is 6.54 Å². The van der Waals surface area contributed by atoms with Crippen LogP contribution in [-0.2, 0) is 6.54 Å². The monoisotopic (exact) mass is 226 g/mol. The number of hydrogen-bond acceptors (Lipinski definition) is 5. The number of likely N-dealkylation sites (N-methyl/N-ethyl adjacent to an activating group) is 1. The summed E-state index contributed by atoms with van der Waals surface area (Å²) in [5, 5.41) is 3.19. The number of piperazine rings is 1. The molecule has 0 spiro atoms. The van der Waals surface area contributed by atoms with Crippen molar-refractivity contribution in [2.45, 2.75) is 13.5 Å². The summed E-state index contributed by atoms with van der Waals surface area (Å²) >= 11 is 1.71. The Labute approximate surface area is 94.7 Å². The molecule has 5 heteroatoms. The van der Waals surface area contributed by atoms with Gasteiger partial charge in [-0.25, -0.2) is 4.98 Å². The average Bonchev–Trinajstić information content (AvgIpc) is 2.78. The second-order valence-corrected chi connectivity index (χ2v) is 4.58. The second-order valence-electron chi connectivity index (χ2n) is 3.75. The molecule has 1 aliphatic rings. The molecular formula is C10H18N4S. The number of rotatable bonds is 3. The van der Waals surface area contributed by atoms with Crippen molar-refractivity contribution in [1.82, 2.24) is 9.88 Å². The van der Waals surface area contributed by atoms with Crippen LogP contribution in [0.1, 0.15) is 12.6 Å². The summed E-state index contributed by atoms with van der Waals surface area (Å²) in [5.41, 5.74) is 6.56. The average molecular weight is 226 g/mol. The minimum Gasteiger partial charge on any atom is -0.346 e. The third-order valence-electron chi connectivity index (χ3n) is 2.84. The first-order chi connectivity index (χ1) is 7.33. The fourth-order valence-corrected chi connectivity index (χ4v) is 2.68. The number of nitrogens with two attached hydrogens (primary N) is 1. The standard InChI is InChI=1S/C10H18N4S/c1-2-13-3-5-14(6-4-13)10-12-9(7-11)8-15-10/h8H,2-7,11H2,1H3. The number of thiazole rings is 1. The van der Waals surface area contributed by atoms with Gasteiger partial charge in [0.1, 0.15) is 0 Å². The molecule has 1 aliphatic heterocycles. The molecule has 0 aromatic carbocycles. The van der Waals surface area contributed by atoms with Crippen molar-refractivity contribution in [3.05, 3.63) is 11.1 Å². The van der Waals surface area contributed by atoms with Crippen molar-refractivity contribution >= 4 is 16.5 Å². The Balaban J connectivity index is 1.95. The zero-order valence-corrected chi connectivity index (χ0v) is 9.96. The van der Waals surface area contributed by atoms with Crippen molar-refractivity contribution < 1.29 is 0 Å². The molecule has 0 unspecified atom stereocenters. The molecule has 15 heavy (non-hydrogen) atoms. The first-order valence-corrected chi connectivity index (χ1v) is 6.33. The van der Waals surface area contributed by atoms with Crippen LogP contribution in [0.2, 0.25) is 0 Å². The van der Waals surface area contributed by atoms with E-state index in [4.69, 9.17) is 5.73 Å². The van der Waals surface area contributed by atoms with E-state index in [1.54, 1.807) is 11.3 Å². The third kappa shape index (κ3) is 2.48. The van der Waals surface area contributed by atoms with Gasteiger partial charge in [0.05, 0.1) is 5.69 Å². The molecule has 4 nitrogen and oxygen atoms in total. The van der Waals surface area contributed by atoms with Gasteiger partial charge in [-0.3, -0.25) is 0 Å². The van der Waals surface area contributed by atoms with Crippen LogP contribution in [0.15, 0.2) is 5.38 Å². The predicted molar refractivity (Wildman–Crippen MR) is 64.3 cm³/mol. The Kier molecular flexibility index (Phi) is 3.56. The lowest BCUT2D eigenvalue weighted by Crippen LogP contribution is -2.46. The fourth-order valence-electron chi connectivity index (χ4n) is 1.79. The van der Waals surface area contributed by atoms with Gasteiger partial charge in [0, 0.05) is 38.1 Å². The van der Waals surface area contributed by atoms with Crippen molar-refractivity contribution in [3.63, 3.8) is 0 Å². The molecule has 2 rings (SSSR count). The van der Waals surface area contributed by atoms with Crippen LogP contribution in [0.5, 0.6) is 0 Å². The van der Waals surface area contributed by atoms with Crippen LogP contribution in [0.25, 0.3) is 0 Å². The molecular weight excluding hydrogens is 208 g/mol. The maximum absolute atomic E-state index is 5.55. The van der Waals surface area contributed by atoms with Crippen LogP contribution in [0, 0.1) is 0 Å². The number of anilines is 1. The minimum absolute atomic E-state index is 0.547. The highest BCUT2D eigenvalue weighted by Crippen LogP contribution is 2.21. The molecule has 0 saturated carbocycles. The van der Waals surface area contributed by atoms with E-state index in [0.717, 1.165) is 43.5 Å². The highest BCUT2D eigenvalue weighted by molar-refractivity contribution is 7.13.